The van der Waals surface area contributed by atoms with Gasteiger partial charge in [0.2, 0.25) is 5.78 Å². The lowest BCUT2D eigenvalue weighted by atomic mass is 9.96. The molecule has 1 heterocycles. The Morgan fingerprint density at radius 2 is 1.69 bits per heavy atom. The smallest absolute Gasteiger partial charge is 0.383 e. The summed E-state index contributed by atoms with van der Waals surface area (Å²) in [6.07, 6.45) is -10.9. The molecule has 1 aromatic rings. The van der Waals surface area contributed by atoms with Crippen LogP contribution >= 0.6 is 0 Å². The van der Waals surface area contributed by atoms with E-state index in [4.69, 9.17) is 4.74 Å². The fourth-order valence-electron chi connectivity index (χ4n) is 2.40. The van der Waals surface area contributed by atoms with Gasteiger partial charge in [0.15, 0.2) is 0 Å². The molecule has 1 N–H and O–H groups in total. The van der Waals surface area contributed by atoms with Gasteiger partial charge in [-0.1, -0.05) is 0 Å². The number of carbonyl (C=O) groups excluding carboxylic acids is 1. The number of ether oxygens (including phenoxy) is 1. The van der Waals surface area contributed by atoms with Crippen molar-refractivity contribution in [1.29, 1.82) is 5.26 Å². The van der Waals surface area contributed by atoms with Crippen LogP contribution in [-0.2, 0) is 17.1 Å². The van der Waals surface area contributed by atoms with Gasteiger partial charge in [-0.05, 0) is 25.1 Å². The zero-order chi connectivity index (χ0) is 19.7. The Kier molecular flexibility index (Phi) is 5.32. The van der Waals surface area contributed by atoms with Crippen LogP contribution in [-0.4, -0.2) is 25.0 Å². The second kappa shape index (κ2) is 6.99. The highest BCUT2D eigenvalue weighted by atomic mass is 19.4. The zero-order valence-electron chi connectivity index (χ0n) is 13.3. The molecule has 4 nitrogen and oxygen atoms in total. The lowest BCUT2D eigenvalue weighted by Crippen LogP contribution is -2.36. The molecule has 0 amide bonds. The molecule has 0 spiro atoms. The third-order valence-corrected chi connectivity index (χ3v) is 3.65. The number of halogens is 6. The number of hydrogen-bond donors (Lipinski definition) is 1. The van der Waals surface area contributed by atoms with E-state index < -0.39 is 46.5 Å². The number of rotatable bonds is 2. The molecule has 1 aliphatic heterocycles. The number of benzene rings is 1. The lowest BCUT2D eigenvalue weighted by Gasteiger charge is -2.25. The minimum absolute atomic E-state index is 0.0229. The molecule has 10 heteroatoms. The number of nitriles is 1. The van der Waals surface area contributed by atoms with E-state index in [1.807, 2.05) is 0 Å². The standard InChI is InChI=1S/C16H12F6N2O2/c1-8-13(24-2-3-26-8)12(7-23)14(25)9-4-10(15(17,18)19)6-11(5-9)16(20,21)22/h4-6,8,24H,2-3H2,1H3/b13-12+. The van der Waals surface area contributed by atoms with Crippen LogP contribution in [0.25, 0.3) is 0 Å². The fraction of sp³-hybridized carbons (Fsp3) is 0.375. The number of nitrogens with one attached hydrogen (secondary N) is 1. The van der Waals surface area contributed by atoms with Gasteiger partial charge in [0, 0.05) is 12.1 Å². The summed E-state index contributed by atoms with van der Waals surface area (Å²) in [6, 6.07) is 2.05. The number of ketones is 1. The van der Waals surface area contributed by atoms with Crippen molar-refractivity contribution in [2.45, 2.75) is 25.4 Å². The Hall–Kier alpha value is -2.54. The molecular formula is C16H12F6N2O2. The third kappa shape index (κ3) is 4.16. The van der Waals surface area contributed by atoms with E-state index in [0.717, 1.165) is 0 Å². The molecular weight excluding hydrogens is 366 g/mol. The van der Waals surface area contributed by atoms with Crippen LogP contribution in [0, 0.1) is 11.3 Å². The summed E-state index contributed by atoms with van der Waals surface area (Å²) in [4.78, 5) is 12.5. The Balaban J connectivity index is 2.61. The number of morpholine rings is 1. The molecule has 1 aliphatic rings. The summed E-state index contributed by atoms with van der Waals surface area (Å²) in [5, 5.41) is 11.9. The minimum atomic E-state index is -5.09. The Labute approximate surface area is 144 Å². The first kappa shape index (κ1) is 19.8. The van der Waals surface area contributed by atoms with Crippen molar-refractivity contribution >= 4 is 5.78 Å². The predicted octanol–water partition coefficient (Wildman–Crippen LogP) is 3.69. The maximum Gasteiger partial charge on any atom is 0.416 e. The van der Waals surface area contributed by atoms with Crippen LogP contribution < -0.4 is 5.32 Å². The van der Waals surface area contributed by atoms with Crippen LogP contribution in [0.4, 0.5) is 26.3 Å². The fourth-order valence-corrected chi connectivity index (χ4v) is 2.40. The molecule has 140 valence electrons. The number of nitrogens with zero attached hydrogens (tertiary/aromatic N) is 1. The molecule has 0 saturated carbocycles. The molecule has 1 fully saturated rings. The van der Waals surface area contributed by atoms with Crippen molar-refractivity contribution in [1.82, 2.24) is 5.32 Å². The highest BCUT2D eigenvalue weighted by molar-refractivity contribution is 6.12. The highest BCUT2D eigenvalue weighted by Crippen LogP contribution is 2.36. The summed E-state index contributed by atoms with van der Waals surface area (Å²) < 4.78 is 82.7. The third-order valence-electron chi connectivity index (χ3n) is 3.65. The predicted molar refractivity (Wildman–Crippen MR) is 76.8 cm³/mol. The van der Waals surface area contributed by atoms with E-state index in [1.165, 1.54) is 6.92 Å². The van der Waals surface area contributed by atoms with Gasteiger partial charge in [-0.2, -0.15) is 31.6 Å². The maximum absolute atomic E-state index is 12.9. The number of carbonyl (C=O) groups is 1. The van der Waals surface area contributed by atoms with Gasteiger partial charge >= 0.3 is 12.4 Å². The van der Waals surface area contributed by atoms with E-state index in [2.05, 4.69) is 5.32 Å². The van der Waals surface area contributed by atoms with Crippen LogP contribution in [0.2, 0.25) is 0 Å². The summed E-state index contributed by atoms with van der Waals surface area (Å²) >= 11 is 0. The largest absolute Gasteiger partial charge is 0.416 e. The monoisotopic (exact) mass is 378 g/mol. The zero-order valence-corrected chi connectivity index (χ0v) is 13.3. The van der Waals surface area contributed by atoms with Crippen molar-refractivity contribution in [3.05, 3.63) is 46.2 Å². The van der Waals surface area contributed by atoms with Crippen LogP contribution in [0.3, 0.4) is 0 Å². The molecule has 0 radical (unpaired) electrons. The lowest BCUT2D eigenvalue weighted by molar-refractivity contribution is -0.143. The summed E-state index contributed by atoms with van der Waals surface area (Å²) in [6.45, 7) is 2.02. The van der Waals surface area contributed by atoms with Gasteiger partial charge in [0.25, 0.3) is 0 Å². The molecule has 0 aliphatic carbocycles. The summed E-state index contributed by atoms with van der Waals surface area (Å²) in [5.41, 5.74) is -4.70. The molecule has 0 aromatic heterocycles. The molecule has 26 heavy (non-hydrogen) atoms. The van der Waals surface area contributed by atoms with Crippen molar-refractivity contribution in [3.8, 4) is 6.07 Å². The summed E-state index contributed by atoms with van der Waals surface area (Å²) in [7, 11) is 0. The van der Waals surface area contributed by atoms with E-state index in [-0.39, 0.29) is 24.9 Å². The topological polar surface area (TPSA) is 62.1 Å². The van der Waals surface area contributed by atoms with Crippen LogP contribution in [0.15, 0.2) is 29.5 Å². The van der Waals surface area contributed by atoms with Crippen molar-refractivity contribution < 1.29 is 35.9 Å². The van der Waals surface area contributed by atoms with Crippen LogP contribution in [0.1, 0.15) is 28.4 Å². The van der Waals surface area contributed by atoms with Gasteiger partial charge < -0.3 is 10.1 Å². The first-order chi connectivity index (χ1) is 11.9. The second-order valence-corrected chi connectivity index (χ2v) is 5.46. The number of hydrogen-bond acceptors (Lipinski definition) is 4. The number of allylic oxidation sites excluding steroid dienone is 1. The second-order valence-electron chi connectivity index (χ2n) is 5.46. The van der Waals surface area contributed by atoms with Crippen molar-refractivity contribution in [3.63, 3.8) is 0 Å². The molecule has 1 saturated heterocycles. The molecule has 0 bridgehead atoms. The molecule has 1 unspecified atom stereocenters. The Bertz CT molecular complexity index is 757. The summed E-state index contributed by atoms with van der Waals surface area (Å²) in [5.74, 6) is -1.25. The quantitative estimate of drug-likeness (QED) is 0.369. The van der Waals surface area contributed by atoms with E-state index in [9.17, 15) is 36.4 Å². The van der Waals surface area contributed by atoms with Gasteiger partial charge in [0.1, 0.15) is 11.6 Å². The van der Waals surface area contributed by atoms with E-state index >= 15 is 0 Å². The number of Topliss-reactive ketones (excluding diaryl/α,β-unsaturated/α-hetero) is 1. The van der Waals surface area contributed by atoms with Crippen molar-refractivity contribution in [2.24, 2.45) is 0 Å². The molecule has 1 aromatic carbocycles. The molecule has 2 rings (SSSR count). The highest BCUT2D eigenvalue weighted by Gasteiger charge is 2.38. The normalized spacial score (nSPS) is 20.2. The van der Waals surface area contributed by atoms with Gasteiger partial charge in [0.05, 0.1) is 29.5 Å². The van der Waals surface area contributed by atoms with Crippen LogP contribution in [0.5, 0.6) is 0 Å². The van der Waals surface area contributed by atoms with E-state index in [1.54, 1.807) is 6.07 Å². The Morgan fingerprint density at radius 1 is 1.15 bits per heavy atom. The van der Waals surface area contributed by atoms with Gasteiger partial charge in [-0.25, -0.2) is 0 Å². The van der Waals surface area contributed by atoms with Gasteiger partial charge in [-0.15, -0.1) is 0 Å². The van der Waals surface area contributed by atoms with Crippen molar-refractivity contribution in [2.75, 3.05) is 13.2 Å². The Morgan fingerprint density at radius 3 is 2.12 bits per heavy atom. The number of alkyl halides is 6. The molecule has 1 atom stereocenters. The average Bonchev–Trinajstić information content (AvgIpc) is 2.55. The maximum atomic E-state index is 12.9. The first-order valence-electron chi connectivity index (χ1n) is 7.29. The average molecular weight is 378 g/mol. The van der Waals surface area contributed by atoms with E-state index in [0.29, 0.717) is 12.1 Å². The minimum Gasteiger partial charge on any atom is -0.383 e. The first-order valence-corrected chi connectivity index (χ1v) is 7.29. The van der Waals surface area contributed by atoms with Gasteiger partial charge in [-0.3, -0.25) is 4.79 Å². The SMILES string of the molecule is CC1OCCN/C1=C(\C#N)C(=O)c1cc(C(F)(F)F)cc(C(F)(F)F)c1.